The highest BCUT2D eigenvalue weighted by Gasteiger charge is 2.24. The second kappa shape index (κ2) is 18.5. The molecule has 5 heteroatoms. The average Bonchev–Trinajstić information content (AvgIpc) is 4.05. The number of furan rings is 2. The lowest BCUT2D eigenvalue weighted by atomic mass is 10.0. The molecule has 0 saturated heterocycles. The van der Waals surface area contributed by atoms with Crippen LogP contribution in [0, 0.1) is 0 Å². The van der Waals surface area contributed by atoms with Crippen LogP contribution in [0.4, 0.5) is 51.2 Å². The molecule has 5 nitrogen and oxygen atoms in total. The molecule has 354 valence electrons. The van der Waals surface area contributed by atoms with Gasteiger partial charge in [0.25, 0.3) is 0 Å². The second-order valence-electron chi connectivity index (χ2n) is 18.9. The van der Waals surface area contributed by atoms with E-state index in [0.717, 1.165) is 123 Å². The first-order valence-electron chi connectivity index (χ1n) is 25.4. The summed E-state index contributed by atoms with van der Waals surface area (Å²) in [4.78, 5) is 7.15. The van der Waals surface area contributed by atoms with Crippen LogP contribution in [0.25, 0.3) is 76.9 Å². The maximum Gasteiger partial charge on any atom is 0.135 e. The smallest absolute Gasteiger partial charge is 0.135 e. The van der Waals surface area contributed by atoms with Crippen molar-refractivity contribution >= 4 is 106 Å². The molecule has 0 spiro atoms. The number of rotatable bonds is 11. The van der Waals surface area contributed by atoms with Crippen molar-refractivity contribution in [1.82, 2.24) is 0 Å². The van der Waals surface area contributed by atoms with E-state index in [1.807, 2.05) is 24.3 Å². The number of nitrogens with zero attached hydrogens (tertiary/aromatic N) is 3. The van der Waals surface area contributed by atoms with Crippen molar-refractivity contribution in [2.45, 2.75) is 0 Å². The molecule has 0 saturated carbocycles. The molecule has 12 aromatic carbocycles. The molecular formula is C70H47N3O2. The third kappa shape index (κ3) is 8.00. The summed E-state index contributed by atoms with van der Waals surface area (Å²) in [7, 11) is 0. The molecule has 0 aliphatic heterocycles. The molecule has 14 rings (SSSR count). The van der Waals surface area contributed by atoms with Crippen LogP contribution in [0.5, 0.6) is 0 Å². The third-order valence-corrected chi connectivity index (χ3v) is 14.4. The zero-order valence-corrected chi connectivity index (χ0v) is 40.8. The Morgan fingerprint density at radius 3 is 1.03 bits per heavy atom. The van der Waals surface area contributed by atoms with Gasteiger partial charge in [0.05, 0.1) is 22.7 Å². The number of fused-ring (bicyclic) bond motifs is 7. The molecule has 0 unspecified atom stereocenters. The molecule has 0 amide bonds. The van der Waals surface area contributed by atoms with Gasteiger partial charge in [-0.2, -0.15) is 0 Å². The highest BCUT2D eigenvalue weighted by atomic mass is 16.3. The number of hydrogen-bond donors (Lipinski definition) is 0. The number of hydrogen-bond acceptors (Lipinski definition) is 5. The summed E-state index contributed by atoms with van der Waals surface area (Å²) < 4.78 is 12.4. The average molecular weight is 962 g/mol. The SMILES string of the molecule is c1ccc(N(c2ccc(-c3ccc4oc5ccccc5c4c3)cc2)c2cc(N(c3ccccc3)c3ccc(-c4ccc5oc6ccccc6c5c4)cc3)cc(N(c3ccccc3)c3cccc4ccccc34)c2)cc1. The van der Waals surface area contributed by atoms with E-state index < -0.39 is 0 Å². The van der Waals surface area contributed by atoms with Crippen LogP contribution in [0.1, 0.15) is 0 Å². The molecule has 14 aromatic rings. The Bertz CT molecular complexity index is 4130. The lowest BCUT2D eigenvalue weighted by Crippen LogP contribution is -2.16. The van der Waals surface area contributed by atoms with Gasteiger partial charge < -0.3 is 23.5 Å². The van der Waals surface area contributed by atoms with Crippen LogP contribution >= 0.6 is 0 Å². The maximum absolute atomic E-state index is 6.21. The van der Waals surface area contributed by atoms with Crippen molar-refractivity contribution in [3.63, 3.8) is 0 Å². The van der Waals surface area contributed by atoms with E-state index >= 15 is 0 Å². The van der Waals surface area contributed by atoms with Crippen molar-refractivity contribution in [3.05, 3.63) is 285 Å². The van der Waals surface area contributed by atoms with E-state index in [1.165, 1.54) is 5.39 Å². The Morgan fingerprint density at radius 1 is 0.200 bits per heavy atom. The molecule has 2 aromatic heterocycles. The summed E-state index contributed by atoms with van der Waals surface area (Å²) in [5, 5.41) is 6.78. The fourth-order valence-corrected chi connectivity index (χ4v) is 10.8. The van der Waals surface area contributed by atoms with Gasteiger partial charge in [-0.3, -0.25) is 0 Å². The van der Waals surface area contributed by atoms with E-state index in [-0.39, 0.29) is 0 Å². The molecule has 2 heterocycles. The minimum atomic E-state index is 0.886. The van der Waals surface area contributed by atoms with Crippen molar-refractivity contribution in [2.75, 3.05) is 14.7 Å². The van der Waals surface area contributed by atoms with E-state index in [2.05, 4.69) is 276 Å². The van der Waals surface area contributed by atoms with E-state index in [0.29, 0.717) is 0 Å². The molecule has 75 heavy (non-hydrogen) atoms. The molecule has 0 N–H and O–H groups in total. The van der Waals surface area contributed by atoms with Crippen molar-refractivity contribution in [2.24, 2.45) is 0 Å². The zero-order chi connectivity index (χ0) is 49.7. The Hall–Kier alpha value is -10.1. The molecule has 0 aliphatic carbocycles. The highest BCUT2D eigenvalue weighted by molar-refractivity contribution is 6.08. The molecular weight excluding hydrogens is 915 g/mol. The van der Waals surface area contributed by atoms with E-state index in [1.54, 1.807) is 0 Å². The first-order valence-corrected chi connectivity index (χ1v) is 25.4. The minimum absolute atomic E-state index is 0.886. The molecule has 0 aliphatic rings. The summed E-state index contributed by atoms with van der Waals surface area (Å²) in [5.41, 5.74) is 17.3. The van der Waals surface area contributed by atoms with Crippen molar-refractivity contribution in [3.8, 4) is 22.3 Å². The van der Waals surface area contributed by atoms with Gasteiger partial charge in [-0.25, -0.2) is 0 Å². The maximum atomic E-state index is 6.21. The summed E-state index contributed by atoms with van der Waals surface area (Å²) in [6.45, 7) is 0. The largest absolute Gasteiger partial charge is 0.456 e. The van der Waals surface area contributed by atoms with E-state index in [4.69, 9.17) is 8.83 Å². The van der Waals surface area contributed by atoms with Gasteiger partial charge >= 0.3 is 0 Å². The van der Waals surface area contributed by atoms with Gasteiger partial charge in [0, 0.05) is 55.4 Å². The molecule has 0 bridgehead atoms. The lowest BCUT2D eigenvalue weighted by Gasteiger charge is -2.33. The lowest BCUT2D eigenvalue weighted by molar-refractivity contribution is 0.668. The van der Waals surface area contributed by atoms with E-state index in [9.17, 15) is 0 Å². The first kappa shape index (κ1) is 43.7. The summed E-state index contributed by atoms with van der Waals surface area (Å²) in [6, 6.07) is 102. The minimum Gasteiger partial charge on any atom is -0.456 e. The van der Waals surface area contributed by atoms with Gasteiger partial charge in [-0.1, -0.05) is 164 Å². The highest BCUT2D eigenvalue weighted by Crippen LogP contribution is 2.48. The zero-order valence-electron chi connectivity index (χ0n) is 40.8. The van der Waals surface area contributed by atoms with Crippen LogP contribution in [-0.4, -0.2) is 0 Å². The number of benzene rings is 12. The van der Waals surface area contributed by atoms with Crippen LogP contribution in [-0.2, 0) is 0 Å². The topological polar surface area (TPSA) is 36.0 Å². The molecule has 0 radical (unpaired) electrons. The van der Waals surface area contributed by atoms with Crippen molar-refractivity contribution < 1.29 is 8.83 Å². The predicted molar refractivity (Wildman–Crippen MR) is 313 cm³/mol. The fraction of sp³-hybridized carbons (Fsp3) is 0. The quantitative estimate of drug-likeness (QED) is 0.129. The van der Waals surface area contributed by atoms with Gasteiger partial charge in [-0.15, -0.1) is 0 Å². The predicted octanol–water partition coefficient (Wildman–Crippen LogP) is 20.4. The summed E-state index contributed by atoms with van der Waals surface area (Å²) in [5.74, 6) is 0. The Morgan fingerprint density at radius 2 is 0.547 bits per heavy atom. The molecule has 0 atom stereocenters. The van der Waals surface area contributed by atoms with Crippen LogP contribution in [0.2, 0.25) is 0 Å². The van der Waals surface area contributed by atoms with Crippen LogP contribution in [0.3, 0.4) is 0 Å². The van der Waals surface area contributed by atoms with Gasteiger partial charge in [0.15, 0.2) is 0 Å². The molecule has 0 fully saturated rings. The standard InChI is InChI=1S/C70H47N3O2/c1-4-19-53(20-5-1)71(56-37-31-48(32-38-56)51-35-41-69-64(43-51)62-26-12-14-29-67(62)74-69)58-45-59(47-60(46-58)73(55-23-8-3-9-24-55)66-28-16-18-50-17-10-11-25-61(50)66)72(54-21-6-2-7-22-54)57-39-33-49(34-40-57)52-36-42-70-65(44-52)63-27-13-15-30-68(63)75-70/h1-47H. The third-order valence-electron chi connectivity index (χ3n) is 14.4. The Balaban J connectivity index is 0.956. The Kier molecular flexibility index (Phi) is 10.8. The number of para-hydroxylation sites is 5. The monoisotopic (exact) mass is 961 g/mol. The van der Waals surface area contributed by atoms with Gasteiger partial charge in [0.2, 0.25) is 0 Å². The number of anilines is 9. The summed E-state index contributed by atoms with van der Waals surface area (Å²) >= 11 is 0. The Labute approximate surface area is 434 Å². The van der Waals surface area contributed by atoms with Gasteiger partial charge in [-0.05, 0) is 149 Å². The van der Waals surface area contributed by atoms with Crippen molar-refractivity contribution in [1.29, 1.82) is 0 Å². The van der Waals surface area contributed by atoms with Crippen LogP contribution < -0.4 is 14.7 Å². The van der Waals surface area contributed by atoms with Crippen LogP contribution in [0.15, 0.2) is 294 Å². The fourth-order valence-electron chi connectivity index (χ4n) is 10.8. The second-order valence-corrected chi connectivity index (χ2v) is 18.9. The summed E-state index contributed by atoms with van der Waals surface area (Å²) in [6.07, 6.45) is 0. The van der Waals surface area contributed by atoms with Gasteiger partial charge in [0.1, 0.15) is 22.3 Å². The first-order chi connectivity index (χ1) is 37.2. The normalized spacial score (nSPS) is 11.5.